The van der Waals surface area contributed by atoms with Crippen LogP contribution in [0.4, 0.5) is 18.9 Å². The SMILES string of the molecule is Cc1c(Cl)cccc1NC(=O)Cn1c(=O)cc(C(F)(F)F)c2c(C)nn(C)c21. The predicted molar refractivity (Wildman–Crippen MR) is 99.5 cm³/mol. The maximum Gasteiger partial charge on any atom is 0.417 e. The van der Waals surface area contributed by atoms with E-state index in [2.05, 4.69) is 10.4 Å². The van der Waals surface area contributed by atoms with Crippen LogP contribution in [0.1, 0.15) is 16.8 Å². The summed E-state index contributed by atoms with van der Waals surface area (Å²) in [7, 11) is 1.42. The lowest BCUT2D eigenvalue weighted by Crippen LogP contribution is -2.30. The number of hydrogen-bond donors (Lipinski definition) is 1. The van der Waals surface area contributed by atoms with E-state index in [1.165, 1.54) is 18.7 Å². The third kappa shape index (κ3) is 3.49. The van der Waals surface area contributed by atoms with Crippen molar-refractivity contribution in [3.05, 3.63) is 56.5 Å². The van der Waals surface area contributed by atoms with Gasteiger partial charge in [-0.2, -0.15) is 18.3 Å². The van der Waals surface area contributed by atoms with Crippen LogP contribution in [0.15, 0.2) is 29.1 Å². The highest BCUT2D eigenvalue weighted by Crippen LogP contribution is 2.35. The van der Waals surface area contributed by atoms with E-state index in [9.17, 15) is 22.8 Å². The highest BCUT2D eigenvalue weighted by molar-refractivity contribution is 6.31. The molecule has 3 rings (SSSR count). The largest absolute Gasteiger partial charge is 0.417 e. The van der Waals surface area contributed by atoms with Crippen LogP contribution in [-0.4, -0.2) is 20.3 Å². The number of nitrogens with one attached hydrogen (secondary N) is 1. The van der Waals surface area contributed by atoms with Gasteiger partial charge in [-0.1, -0.05) is 17.7 Å². The van der Waals surface area contributed by atoms with Gasteiger partial charge in [-0.25, -0.2) is 0 Å². The molecule has 1 amide bonds. The Kier molecular flexibility index (Phi) is 4.97. The monoisotopic (exact) mass is 412 g/mol. The van der Waals surface area contributed by atoms with E-state index in [4.69, 9.17) is 11.6 Å². The smallest absolute Gasteiger partial charge is 0.324 e. The van der Waals surface area contributed by atoms with Crippen LogP contribution in [0.2, 0.25) is 5.02 Å². The molecular weight excluding hydrogens is 397 g/mol. The lowest BCUT2D eigenvalue weighted by Gasteiger charge is -2.14. The molecule has 10 heteroatoms. The minimum Gasteiger partial charge on any atom is -0.324 e. The van der Waals surface area contributed by atoms with E-state index in [-0.39, 0.29) is 16.7 Å². The van der Waals surface area contributed by atoms with E-state index in [1.807, 2.05) is 0 Å². The number of alkyl halides is 3. The van der Waals surface area contributed by atoms with Gasteiger partial charge in [0.15, 0.2) is 0 Å². The standard InChI is InChI=1S/C18H16ClF3N4O2/c1-9-12(19)5-4-6-13(9)23-14(27)8-26-15(28)7-11(18(20,21)22)16-10(2)24-25(3)17(16)26/h4-7H,8H2,1-3H3,(H,23,27). The number of hydrogen-bond acceptors (Lipinski definition) is 3. The Bertz CT molecular complexity index is 1150. The zero-order chi connectivity index (χ0) is 20.8. The molecule has 0 aliphatic carbocycles. The number of benzene rings is 1. The van der Waals surface area contributed by atoms with Crippen molar-refractivity contribution >= 4 is 34.2 Å². The number of carbonyl (C=O) groups is 1. The molecule has 148 valence electrons. The number of halogens is 4. The average Bonchev–Trinajstić information content (AvgIpc) is 2.87. The van der Waals surface area contributed by atoms with Crippen molar-refractivity contribution in [2.24, 2.45) is 7.05 Å². The molecule has 1 aromatic carbocycles. The van der Waals surface area contributed by atoms with Crippen LogP contribution in [-0.2, 0) is 24.6 Å². The lowest BCUT2D eigenvalue weighted by molar-refractivity contribution is -0.136. The van der Waals surface area contributed by atoms with E-state index in [0.29, 0.717) is 22.3 Å². The number of carbonyl (C=O) groups excluding carboxylic acids is 1. The van der Waals surface area contributed by atoms with Gasteiger partial charge < -0.3 is 5.32 Å². The molecule has 2 aromatic heterocycles. The predicted octanol–water partition coefficient (Wildman–Crippen LogP) is 3.66. The van der Waals surface area contributed by atoms with Crippen LogP contribution in [0.3, 0.4) is 0 Å². The van der Waals surface area contributed by atoms with Crippen molar-refractivity contribution in [1.82, 2.24) is 14.3 Å². The number of rotatable bonds is 3. The Hall–Kier alpha value is -2.81. The van der Waals surface area contributed by atoms with E-state index < -0.39 is 29.8 Å². The first-order chi connectivity index (χ1) is 13.0. The van der Waals surface area contributed by atoms with Crippen LogP contribution in [0, 0.1) is 13.8 Å². The molecule has 2 heterocycles. The topological polar surface area (TPSA) is 68.9 Å². The lowest BCUT2D eigenvalue weighted by atomic mass is 10.1. The molecule has 0 spiro atoms. The normalized spacial score (nSPS) is 11.8. The Morgan fingerprint density at radius 2 is 1.96 bits per heavy atom. The molecule has 0 saturated heterocycles. The van der Waals surface area contributed by atoms with Crippen molar-refractivity contribution in [2.45, 2.75) is 26.6 Å². The third-order valence-corrected chi connectivity index (χ3v) is 4.81. The van der Waals surface area contributed by atoms with Gasteiger partial charge in [0, 0.05) is 23.8 Å². The fourth-order valence-corrected chi connectivity index (χ4v) is 3.28. The van der Waals surface area contributed by atoms with Crippen molar-refractivity contribution in [3.63, 3.8) is 0 Å². The van der Waals surface area contributed by atoms with Crippen LogP contribution >= 0.6 is 11.6 Å². The number of pyridine rings is 1. The second kappa shape index (κ2) is 6.97. The molecule has 0 unspecified atom stereocenters. The van der Waals surface area contributed by atoms with Crippen molar-refractivity contribution in [2.75, 3.05) is 5.32 Å². The minimum atomic E-state index is -4.72. The quantitative estimate of drug-likeness (QED) is 0.713. The molecule has 6 nitrogen and oxygen atoms in total. The number of amides is 1. The Morgan fingerprint density at radius 1 is 1.29 bits per heavy atom. The van der Waals surface area contributed by atoms with Crippen LogP contribution in [0.5, 0.6) is 0 Å². The van der Waals surface area contributed by atoms with Gasteiger partial charge in [-0.3, -0.25) is 18.8 Å². The molecule has 0 bridgehead atoms. The second-order valence-electron chi connectivity index (χ2n) is 6.35. The number of anilines is 1. The maximum atomic E-state index is 13.4. The van der Waals surface area contributed by atoms with Gasteiger partial charge >= 0.3 is 6.18 Å². The Morgan fingerprint density at radius 3 is 2.61 bits per heavy atom. The Labute approximate surface area is 162 Å². The van der Waals surface area contributed by atoms with Crippen molar-refractivity contribution in [1.29, 1.82) is 0 Å². The fourth-order valence-electron chi connectivity index (χ4n) is 3.10. The summed E-state index contributed by atoms with van der Waals surface area (Å²) in [4.78, 5) is 24.9. The summed E-state index contributed by atoms with van der Waals surface area (Å²) in [6, 6.07) is 5.44. The Balaban J connectivity index is 2.07. The molecule has 0 radical (unpaired) electrons. The summed E-state index contributed by atoms with van der Waals surface area (Å²) in [6.07, 6.45) is -4.72. The molecule has 0 fully saturated rings. The molecular formula is C18H16ClF3N4O2. The minimum absolute atomic E-state index is 0.0738. The van der Waals surface area contributed by atoms with Gasteiger partial charge in [0.2, 0.25) is 5.91 Å². The summed E-state index contributed by atoms with van der Waals surface area (Å²) < 4.78 is 42.3. The molecule has 0 aliphatic heterocycles. The zero-order valence-electron chi connectivity index (χ0n) is 15.2. The molecule has 0 saturated carbocycles. The van der Waals surface area contributed by atoms with Gasteiger partial charge in [-0.05, 0) is 31.5 Å². The highest BCUT2D eigenvalue weighted by atomic mass is 35.5. The van der Waals surface area contributed by atoms with Crippen molar-refractivity contribution in [3.8, 4) is 0 Å². The van der Waals surface area contributed by atoms with Gasteiger partial charge in [0.05, 0.1) is 16.6 Å². The molecule has 0 aliphatic rings. The number of aromatic nitrogens is 3. The summed E-state index contributed by atoms with van der Waals surface area (Å²) in [6.45, 7) is 2.66. The second-order valence-corrected chi connectivity index (χ2v) is 6.76. The number of fused-ring (bicyclic) bond motifs is 1. The summed E-state index contributed by atoms with van der Waals surface area (Å²) in [5.74, 6) is -0.577. The van der Waals surface area contributed by atoms with E-state index in [0.717, 1.165) is 4.57 Å². The fraction of sp³-hybridized carbons (Fsp3) is 0.278. The highest BCUT2D eigenvalue weighted by Gasteiger charge is 2.36. The summed E-state index contributed by atoms with van der Waals surface area (Å²) in [5.41, 5.74) is -0.880. The maximum absolute atomic E-state index is 13.4. The van der Waals surface area contributed by atoms with Crippen molar-refractivity contribution < 1.29 is 18.0 Å². The molecule has 1 N–H and O–H groups in total. The average molecular weight is 413 g/mol. The summed E-state index contributed by atoms with van der Waals surface area (Å²) >= 11 is 6.02. The van der Waals surface area contributed by atoms with Crippen LogP contribution < -0.4 is 10.9 Å². The van der Waals surface area contributed by atoms with Gasteiger partial charge in [-0.15, -0.1) is 0 Å². The van der Waals surface area contributed by atoms with Gasteiger partial charge in [0.25, 0.3) is 5.56 Å². The summed E-state index contributed by atoms with van der Waals surface area (Å²) in [5, 5.41) is 6.86. The first-order valence-corrected chi connectivity index (χ1v) is 8.57. The molecule has 0 atom stereocenters. The first kappa shape index (κ1) is 19.9. The van der Waals surface area contributed by atoms with Crippen LogP contribution in [0.25, 0.3) is 11.0 Å². The zero-order valence-corrected chi connectivity index (χ0v) is 15.9. The van der Waals surface area contributed by atoms with Gasteiger partial charge in [0.1, 0.15) is 12.2 Å². The third-order valence-electron chi connectivity index (χ3n) is 4.40. The number of aryl methyl sites for hydroxylation is 2. The first-order valence-electron chi connectivity index (χ1n) is 8.20. The molecule has 3 aromatic rings. The number of nitrogens with zero attached hydrogens (tertiary/aromatic N) is 3. The van der Waals surface area contributed by atoms with E-state index >= 15 is 0 Å². The molecule has 28 heavy (non-hydrogen) atoms. The van der Waals surface area contributed by atoms with E-state index in [1.54, 1.807) is 25.1 Å².